The van der Waals surface area contributed by atoms with Crippen LogP contribution in [0.25, 0.3) is 6.08 Å². The minimum Gasteiger partial charge on any atom is -0.489 e. The van der Waals surface area contributed by atoms with Gasteiger partial charge in [-0.1, -0.05) is 59.6 Å². The predicted molar refractivity (Wildman–Crippen MR) is 125 cm³/mol. The van der Waals surface area contributed by atoms with Gasteiger partial charge in [0.05, 0.1) is 21.5 Å². The number of rotatable bonds is 6. The lowest BCUT2D eigenvalue weighted by Crippen LogP contribution is -2.27. The lowest BCUT2D eigenvalue weighted by Gasteiger charge is -2.12. The molecule has 3 aromatic carbocycles. The first-order chi connectivity index (χ1) is 15.4. The van der Waals surface area contributed by atoms with Crippen molar-refractivity contribution < 1.29 is 18.7 Å². The van der Waals surface area contributed by atoms with E-state index in [9.17, 15) is 14.0 Å². The third kappa shape index (κ3) is 5.15. The molecule has 0 N–H and O–H groups in total. The number of halogens is 3. The summed E-state index contributed by atoms with van der Waals surface area (Å²) in [5.41, 5.74) is 1.91. The van der Waals surface area contributed by atoms with Crippen molar-refractivity contribution in [1.29, 1.82) is 0 Å². The van der Waals surface area contributed by atoms with E-state index in [2.05, 4.69) is 0 Å². The first-order valence-corrected chi connectivity index (χ1v) is 11.1. The summed E-state index contributed by atoms with van der Waals surface area (Å²) in [4.78, 5) is 26.6. The molecule has 4 nitrogen and oxygen atoms in total. The van der Waals surface area contributed by atoms with E-state index in [4.69, 9.17) is 27.9 Å². The highest BCUT2D eigenvalue weighted by Crippen LogP contribution is 2.34. The van der Waals surface area contributed by atoms with Crippen LogP contribution in [0.3, 0.4) is 0 Å². The van der Waals surface area contributed by atoms with E-state index in [0.29, 0.717) is 31.8 Å². The van der Waals surface area contributed by atoms with Gasteiger partial charge in [-0.25, -0.2) is 4.39 Å². The minimum absolute atomic E-state index is 0.111. The van der Waals surface area contributed by atoms with Crippen molar-refractivity contribution in [3.63, 3.8) is 0 Å². The van der Waals surface area contributed by atoms with Gasteiger partial charge in [0.1, 0.15) is 18.2 Å². The average Bonchev–Trinajstić information content (AvgIpc) is 3.04. The predicted octanol–water partition coefficient (Wildman–Crippen LogP) is 6.95. The highest BCUT2D eigenvalue weighted by Gasteiger charge is 2.35. The maximum atomic E-state index is 13.7. The van der Waals surface area contributed by atoms with Gasteiger partial charge in [0.15, 0.2) is 0 Å². The molecule has 0 aliphatic carbocycles. The van der Waals surface area contributed by atoms with Crippen LogP contribution in [0.15, 0.2) is 71.6 Å². The zero-order valence-electron chi connectivity index (χ0n) is 16.6. The summed E-state index contributed by atoms with van der Waals surface area (Å²) in [7, 11) is 0. The van der Waals surface area contributed by atoms with E-state index in [1.54, 1.807) is 66.7 Å². The number of hydrogen-bond donors (Lipinski definition) is 0. The summed E-state index contributed by atoms with van der Waals surface area (Å²) in [6.45, 7) is 0.224. The second-order valence-electron chi connectivity index (χ2n) is 6.97. The van der Waals surface area contributed by atoms with Crippen molar-refractivity contribution in [2.75, 3.05) is 0 Å². The molecule has 2 amide bonds. The molecule has 1 heterocycles. The molecule has 162 valence electrons. The fourth-order valence-electron chi connectivity index (χ4n) is 3.05. The Bertz CT molecular complexity index is 1210. The van der Waals surface area contributed by atoms with Gasteiger partial charge < -0.3 is 4.74 Å². The highest BCUT2D eigenvalue weighted by atomic mass is 35.5. The first kappa shape index (κ1) is 22.4. The largest absolute Gasteiger partial charge is 0.489 e. The summed E-state index contributed by atoms with van der Waals surface area (Å²) in [5, 5.41) is 0.423. The van der Waals surface area contributed by atoms with Crippen molar-refractivity contribution in [2.45, 2.75) is 13.2 Å². The standard InChI is InChI=1S/C24H16Cl2FNO3S/c25-19-10-7-16(11-20(19)26)13-28-23(29)22(32-24(28)30)12-15-5-8-18(9-6-15)31-14-17-3-1-2-4-21(17)27/h1-12H,13-14H2/b22-12-. The monoisotopic (exact) mass is 487 g/mol. The highest BCUT2D eigenvalue weighted by molar-refractivity contribution is 8.18. The number of amides is 2. The molecule has 1 aliphatic heterocycles. The van der Waals surface area contributed by atoms with Gasteiger partial charge in [-0.2, -0.15) is 0 Å². The molecule has 0 saturated carbocycles. The molecular weight excluding hydrogens is 472 g/mol. The lowest BCUT2D eigenvalue weighted by atomic mass is 10.2. The Kier molecular flexibility index (Phi) is 6.84. The van der Waals surface area contributed by atoms with Crippen LogP contribution in [0.2, 0.25) is 10.0 Å². The molecule has 3 aromatic rings. The van der Waals surface area contributed by atoms with E-state index in [-0.39, 0.29) is 30.1 Å². The second kappa shape index (κ2) is 9.77. The van der Waals surface area contributed by atoms with Gasteiger partial charge in [0.25, 0.3) is 11.1 Å². The van der Waals surface area contributed by atoms with E-state index in [0.717, 1.165) is 17.3 Å². The smallest absolute Gasteiger partial charge is 0.293 e. The number of benzene rings is 3. The van der Waals surface area contributed by atoms with Crippen molar-refractivity contribution in [3.05, 3.63) is 104 Å². The molecule has 32 heavy (non-hydrogen) atoms. The number of carbonyl (C=O) groups is 2. The Morgan fingerprint density at radius 2 is 1.72 bits per heavy atom. The van der Waals surface area contributed by atoms with E-state index >= 15 is 0 Å². The third-order valence-corrected chi connectivity index (χ3v) is 6.37. The van der Waals surface area contributed by atoms with Crippen LogP contribution in [0.1, 0.15) is 16.7 Å². The van der Waals surface area contributed by atoms with Crippen LogP contribution < -0.4 is 4.74 Å². The lowest BCUT2D eigenvalue weighted by molar-refractivity contribution is -0.123. The zero-order valence-corrected chi connectivity index (χ0v) is 18.9. The first-order valence-electron chi connectivity index (χ1n) is 9.56. The summed E-state index contributed by atoms with van der Waals surface area (Å²) in [6.07, 6.45) is 1.65. The minimum atomic E-state index is -0.369. The molecule has 4 rings (SSSR count). The number of ether oxygens (including phenoxy) is 1. The molecular formula is C24H16Cl2FNO3S. The van der Waals surface area contributed by atoms with Gasteiger partial charge in [-0.3, -0.25) is 14.5 Å². The molecule has 0 atom stereocenters. The maximum Gasteiger partial charge on any atom is 0.293 e. The summed E-state index contributed by atoms with van der Waals surface area (Å²) in [5.74, 6) is -0.121. The summed E-state index contributed by atoms with van der Waals surface area (Å²) < 4.78 is 19.3. The third-order valence-electron chi connectivity index (χ3n) is 4.73. The maximum absolute atomic E-state index is 13.7. The van der Waals surface area contributed by atoms with E-state index in [1.165, 1.54) is 11.0 Å². The van der Waals surface area contributed by atoms with Gasteiger partial charge in [-0.05, 0) is 59.3 Å². The quantitative estimate of drug-likeness (QED) is 0.353. The molecule has 1 saturated heterocycles. The Hall–Kier alpha value is -2.80. The van der Waals surface area contributed by atoms with Crippen LogP contribution >= 0.6 is 35.0 Å². The van der Waals surface area contributed by atoms with Crippen LogP contribution in [0.4, 0.5) is 9.18 Å². The van der Waals surface area contributed by atoms with E-state index < -0.39 is 0 Å². The normalized spacial score (nSPS) is 15.0. The van der Waals surface area contributed by atoms with Crippen LogP contribution in [-0.4, -0.2) is 16.0 Å². The summed E-state index contributed by atoms with van der Waals surface area (Å²) in [6, 6.07) is 18.4. The number of hydrogen-bond acceptors (Lipinski definition) is 4. The fraction of sp³-hybridized carbons (Fsp3) is 0.0833. The molecule has 0 radical (unpaired) electrons. The van der Waals surface area contributed by atoms with Gasteiger partial charge in [0.2, 0.25) is 0 Å². The Morgan fingerprint density at radius 3 is 2.44 bits per heavy atom. The zero-order chi connectivity index (χ0) is 22.7. The van der Waals surface area contributed by atoms with Crippen LogP contribution in [0.5, 0.6) is 5.75 Å². The van der Waals surface area contributed by atoms with E-state index in [1.807, 2.05) is 0 Å². The van der Waals surface area contributed by atoms with Gasteiger partial charge in [0, 0.05) is 5.56 Å². The van der Waals surface area contributed by atoms with Gasteiger partial charge >= 0.3 is 0 Å². The molecule has 0 unspecified atom stereocenters. The molecule has 1 aliphatic rings. The van der Waals surface area contributed by atoms with Crippen molar-refractivity contribution >= 4 is 52.2 Å². The van der Waals surface area contributed by atoms with Gasteiger partial charge in [-0.15, -0.1) is 0 Å². The number of thioether (sulfide) groups is 1. The topological polar surface area (TPSA) is 46.6 Å². The Morgan fingerprint density at radius 1 is 0.969 bits per heavy atom. The number of nitrogens with zero attached hydrogens (tertiary/aromatic N) is 1. The Labute approximate surface area is 198 Å². The molecule has 0 aromatic heterocycles. The van der Waals surface area contributed by atoms with Crippen molar-refractivity contribution in [1.82, 2.24) is 4.90 Å². The average molecular weight is 488 g/mol. The Balaban J connectivity index is 1.42. The fourth-order valence-corrected chi connectivity index (χ4v) is 4.20. The number of carbonyl (C=O) groups excluding carboxylic acids is 2. The molecule has 1 fully saturated rings. The summed E-state index contributed by atoms with van der Waals surface area (Å²) >= 11 is 12.8. The molecule has 8 heteroatoms. The van der Waals surface area contributed by atoms with Crippen LogP contribution in [0, 0.1) is 5.82 Å². The molecule has 0 spiro atoms. The molecule has 0 bridgehead atoms. The van der Waals surface area contributed by atoms with Crippen molar-refractivity contribution in [3.8, 4) is 5.75 Å². The van der Waals surface area contributed by atoms with Crippen molar-refractivity contribution in [2.24, 2.45) is 0 Å². The van der Waals surface area contributed by atoms with Crippen LogP contribution in [-0.2, 0) is 17.9 Å². The second-order valence-corrected chi connectivity index (χ2v) is 8.77. The number of imide groups is 1. The SMILES string of the molecule is O=C1S/C(=C\c2ccc(OCc3ccccc3F)cc2)C(=O)N1Cc1ccc(Cl)c(Cl)c1.